The topological polar surface area (TPSA) is 40.5 Å². The summed E-state index contributed by atoms with van der Waals surface area (Å²) in [4.78, 5) is 15.0. The average molecular weight is 267 g/mol. The molecule has 2 aliphatic rings. The van der Waals surface area contributed by atoms with Crippen LogP contribution >= 0.6 is 0 Å². The smallest absolute Gasteiger partial charge is 0.226 e. The summed E-state index contributed by atoms with van der Waals surface area (Å²) in [5.41, 5.74) is 0.149. The predicted molar refractivity (Wildman–Crippen MR) is 76.8 cm³/mol. The molecule has 0 radical (unpaired) electrons. The molecule has 0 spiro atoms. The van der Waals surface area contributed by atoms with E-state index < -0.39 is 0 Å². The number of aliphatic hydroxyl groups is 1. The lowest BCUT2D eigenvalue weighted by molar-refractivity contribution is -0.145. The summed E-state index contributed by atoms with van der Waals surface area (Å²) < 4.78 is 0. The first-order valence-electron chi connectivity index (χ1n) is 7.97. The molecular weight excluding hydrogens is 238 g/mol. The van der Waals surface area contributed by atoms with Gasteiger partial charge in [-0.3, -0.25) is 4.79 Å². The first kappa shape index (κ1) is 14.8. The van der Waals surface area contributed by atoms with E-state index in [2.05, 4.69) is 18.7 Å². The second-order valence-corrected chi connectivity index (χ2v) is 6.98. The Bertz CT molecular complexity index is 312. The van der Waals surface area contributed by atoms with Crippen LogP contribution in [0.25, 0.3) is 0 Å². The fraction of sp³-hybridized carbons (Fsp3) is 0.938. The van der Waals surface area contributed by atoms with Crippen molar-refractivity contribution in [2.45, 2.75) is 71.3 Å². The maximum Gasteiger partial charge on any atom is 0.226 e. The molecule has 1 heterocycles. The molecule has 2 atom stereocenters. The Hall–Kier alpha value is -0.570. The summed E-state index contributed by atoms with van der Waals surface area (Å²) in [6, 6.07) is 0.281. The van der Waals surface area contributed by atoms with Crippen LogP contribution in [0.2, 0.25) is 0 Å². The fourth-order valence-corrected chi connectivity index (χ4v) is 3.89. The molecule has 3 nitrogen and oxygen atoms in total. The Morgan fingerprint density at radius 3 is 2.63 bits per heavy atom. The van der Waals surface area contributed by atoms with Crippen LogP contribution in [0.3, 0.4) is 0 Å². The van der Waals surface area contributed by atoms with Crippen LogP contribution in [0.1, 0.15) is 65.2 Å². The largest absolute Gasteiger partial charge is 0.396 e. The number of carbonyl (C=O) groups is 1. The van der Waals surface area contributed by atoms with Crippen molar-refractivity contribution in [1.82, 2.24) is 4.90 Å². The Balaban J connectivity index is 2.07. The number of nitrogens with zero attached hydrogens (tertiary/aromatic N) is 1. The van der Waals surface area contributed by atoms with Crippen molar-refractivity contribution in [3.63, 3.8) is 0 Å². The standard InChI is InChI=1S/C16H29NO2/c1-16(2)10-5-3-8-14(16)15(19)17-11-6-4-7-13(17)9-12-18/h13-14,18H,3-12H2,1-2H3. The van der Waals surface area contributed by atoms with Gasteiger partial charge in [-0.05, 0) is 43.9 Å². The van der Waals surface area contributed by atoms with Crippen molar-refractivity contribution in [3.05, 3.63) is 0 Å². The lowest BCUT2D eigenvalue weighted by Gasteiger charge is -2.44. The maximum absolute atomic E-state index is 12.9. The van der Waals surface area contributed by atoms with E-state index in [4.69, 9.17) is 0 Å². The van der Waals surface area contributed by atoms with Gasteiger partial charge in [-0.1, -0.05) is 26.7 Å². The Morgan fingerprint density at radius 2 is 1.95 bits per heavy atom. The number of piperidine rings is 1. The zero-order valence-electron chi connectivity index (χ0n) is 12.5. The highest BCUT2D eigenvalue weighted by atomic mass is 16.3. The normalized spacial score (nSPS) is 31.2. The van der Waals surface area contributed by atoms with Gasteiger partial charge >= 0.3 is 0 Å². The minimum Gasteiger partial charge on any atom is -0.396 e. The van der Waals surface area contributed by atoms with E-state index in [0.717, 1.165) is 32.2 Å². The summed E-state index contributed by atoms with van der Waals surface area (Å²) in [6.07, 6.45) is 8.81. The molecule has 110 valence electrons. The minimum absolute atomic E-state index is 0.149. The second-order valence-electron chi connectivity index (χ2n) is 6.98. The Kier molecular flexibility index (Phi) is 4.88. The quantitative estimate of drug-likeness (QED) is 0.854. The van der Waals surface area contributed by atoms with E-state index in [0.29, 0.717) is 5.91 Å². The third kappa shape index (κ3) is 3.31. The molecule has 2 rings (SSSR count). The molecule has 2 fully saturated rings. The van der Waals surface area contributed by atoms with Crippen LogP contribution in [0.5, 0.6) is 0 Å². The molecule has 2 unspecified atom stereocenters. The summed E-state index contributed by atoms with van der Waals surface area (Å²) in [5.74, 6) is 0.559. The predicted octanol–water partition coefficient (Wildman–Crippen LogP) is 2.97. The number of hydrogen-bond donors (Lipinski definition) is 1. The van der Waals surface area contributed by atoms with Crippen LogP contribution in [0.15, 0.2) is 0 Å². The first-order valence-corrected chi connectivity index (χ1v) is 7.97. The number of amides is 1. The Labute approximate surface area is 117 Å². The fourth-order valence-electron chi connectivity index (χ4n) is 3.89. The van der Waals surface area contributed by atoms with E-state index in [-0.39, 0.29) is 24.0 Å². The minimum atomic E-state index is 0.149. The highest BCUT2D eigenvalue weighted by Crippen LogP contribution is 2.42. The van der Waals surface area contributed by atoms with Gasteiger partial charge in [-0.2, -0.15) is 0 Å². The first-order chi connectivity index (χ1) is 9.06. The van der Waals surface area contributed by atoms with E-state index in [1.165, 1.54) is 25.7 Å². The summed E-state index contributed by atoms with van der Waals surface area (Å²) >= 11 is 0. The highest BCUT2D eigenvalue weighted by molar-refractivity contribution is 5.80. The third-order valence-corrected chi connectivity index (χ3v) is 5.18. The molecule has 1 saturated heterocycles. The van der Waals surface area contributed by atoms with Gasteiger partial charge < -0.3 is 10.0 Å². The number of likely N-dealkylation sites (tertiary alicyclic amines) is 1. The molecule has 1 saturated carbocycles. The zero-order chi connectivity index (χ0) is 13.9. The van der Waals surface area contributed by atoms with Crippen molar-refractivity contribution >= 4 is 5.91 Å². The molecule has 19 heavy (non-hydrogen) atoms. The van der Waals surface area contributed by atoms with Crippen LogP contribution in [-0.2, 0) is 4.79 Å². The molecule has 1 aliphatic heterocycles. The average Bonchev–Trinajstić information content (AvgIpc) is 2.38. The third-order valence-electron chi connectivity index (χ3n) is 5.18. The SMILES string of the molecule is CC1(C)CCCCC1C(=O)N1CCCCC1CCO. The van der Waals surface area contributed by atoms with Gasteiger partial charge in [0.05, 0.1) is 0 Å². The lowest BCUT2D eigenvalue weighted by Crippen LogP contribution is -2.50. The van der Waals surface area contributed by atoms with E-state index in [9.17, 15) is 9.90 Å². The maximum atomic E-state index is 12.9. The second kappa shape index (κ2) is 6.25. The van der Waals surface area contributed by atoms with Crippen LogP contribution in [-0.4, -0.2) is 35.1 Å². The Morgan fingerprint density at radius 1 is 1.21 bits per heavy atom. The molecule has 1 amide bonds. The highest BCUT2D eigenvalue weighted by Gasteiger charge is 2.41. The monoisotopic (exact) mass is 267 g/mol. The molecule has 0 aromatic carbocycles. The summed E-state index contributed by atoms with van der Waals surface area (Å²) in [5, 5.41) is 9.19. The number of hydrogen-bond acceptors (Lipinski definition) is 2. The van der Waals surface area contributed by atoms with Crippen molar-refractivity contribution in [2.75, 3.05) is 13.2 Å². The van der Waals surface area contributed by atoms with Gasteiger partial charge in [0.2, 0.25) is 5.91 Å². The van der Waals surface area contributed by atoms with Crippen LogP contribution in [0, 0.1) is 11.3 Å². The summed E-state index contributed by atoms with van der Waals surface area (Å²) in [7, 11) is 0. The number of rotatable bonds is 3. The molecule has 0 aromatic rings. The zero-order valence-corrected chi connectivity index (χ0v) is 12.5. The van der Waals surface area contributed by atoms with Crippen LogP contribution < -0.4 is 0 Å². The van der Waals surface area contributed by atoms with Gasteiger partial charge in [-0.15, -0.1) is 0 Å². The molecule has 1 aliphatic carbocycles. The van der Waals surface area contributed by atoms with E-state index >= 15 is 0 Å². The molecule has 0 aromatic heterocycles. The van der Waals surface area contributed by atoms with Gasteiger partial charge in [0.1, 0.15) is 0 Å². The van der Waals surface area contributed by atoms with Crippen LogP contribution in [0.4, 0.5) is 0 Å². The summed E-state index contributed by atoms with van der Waals surface area (Å²) in [6.45, 7) is 5.60. The van der Waals surface area contributed by atoms with Gasteiger partial charge in [0, 0.05) is 25.1 Å². The molecule has 0 bridgehead atoms. The van der Waals surface area contributed by atoms with Crippen molar-refractivity contribution in [3.8, 4) is 0 Å². The van der Waals surface area contributed by atoms with Gasteiger partial charge in [0.25, 0.3) is 0 Å². The van der Waals surface area contributed by atoms with E-state index in [1.54, 1.807) is 0 Å². The number of aliphatic hydroxyl groups excluding tert-OH is 1. The van der Waals surface area contributed by atoms with E-state index in [1.807, 2.05) is 0 Å². The van der Waals surface area contributed by atoms with Crippen molar-refractivity contribution < 1.29 is 9.90 Å². The van der Waals surface area contributed by atoms with Crippen molar-refractivity contribution in [1.29, 1.82) is 0 Å². The lowest BCUT2D eigenvalue weighted by atomic mass is 9.68. The van der Waals surface area contributed by atoms with Crippen molar-refractivity contribution in [2.24, 2.45) is 11.3 Å². The van der Waals surface area contributed by atoms with Gasteiger partial charge in [-0.25, -0.2) is 0 Å². The number of carbonyl (C=O) groups excluding carboxylic acids is 1. The molecule has 3 heteroatoms. The van der Waals surface area contributed by atoms with Gasteiger partial charge in [0.15, 0.2) is 0 Å². The molecule has 1 N–H and O–H groups in total. The molecular formula is C16H29NO2.